The first-order chi connectivity index (χ1) is 9.15. The number of Topliss-reactive ketones (excluding diaryl/α,β-unsaturated/α-hetero) is 1. The zero-order chi connectivity index (χ0) is 13.7. The summed E-state index contributed by atoms with van der Waals surface area (Å²) in [6.07, 6.45) is 4.46. The van der Waals surface area contributed by atoms with E-state index in [2.05, 4.69) is 5.32 Å². The van der Waals surface area contributed by atoms with Crippen molar-refractivity contribution in [3.05, 3.63) is 33.8 Å². The molecule has 0 atom stereocenters. The van der Waals surface area contributed by atoms with Gasteiger partial charge in [-0.05, 0) is 56.0 Å². The Kier molecular flexibility index (Phi) is 5.68. The van der Waals surface area contributed by atoms with Gasteiger partial charge in [0.15, 0.2) is 0 Å². The zero-order valence-electron chi connectivity index (χ0n) is 10.9. The first-order valence-corrected chi connectivity index (χ1v) is 7.57. The molecule has 0 bridgehead atoms. The molecule has 1 aromatic carbocycles. The van der Waals surface area contributed by atoms with Gasteiger partial charge in [-0.15, -0.1) is 0 Å². The quantitative estimate of drug-likeness (QED) is 0.894. The van der Waals surface area contributed by atoms with Crippen molar-refractivity contribution >= 4 is 29.0 Å². The number of rotatable bonds is 5. The molecule has 1 aromatic rings. The molecule has 0 radical (unpaired) electrons. The van der Waals surface area contributed by atoms with E-state index in [4.69, 9.17) is 23.2 Å². The van der Waals surface area contributed by atoms with Gasteiger partial charge in [-0.3, -0.25) is 4.79 Å². The number of halogens is 2. The minimum absolute atomic E-state index is 0.266. The topological polar surface area (TPSA) is 29.1 Å². The lowest BCUT2D eigenvalue weighted by Gasteiger charge is -2.22. The number of nitrogens with one attached hydrogen (secondary N) is 1. The number of carbonyl (C=O) groups excluding carboxylic acids is 1. The second-order valence-electron chi connectivity index (χ2n) is 5.18. The fourth-order valence-corrected chi connectivity index (χ4v) is 2.98. The molecule has 0 amide bonds. The smallest absolute Gasteiger partial charge is 0.137 e. The number of hydrogen-bond acceptors (Lipinski definition) is 2. The molecule has 0 spiro atoms. The van der Waals surface area contributed by atoms with Crippen molar-refractivity contribution in [2.75, 3.05) is 13.1 Å². The summed E-state index contributed by atoms with van der Waals surface area (Å²) in [5.74, 6) is 0.966. The van der Waals surface area contributed by atoms with Crippen molar-refractivity contribution in [2.24, 2.45) is 5.92 Å². The molecule has 1 saturated heterocycles. The standard InChI is InChI=1S/C15H19Cl2NO/c16-13-3-2-12(15(17)10-13)9-14(19)4-1-11-5-7-18-8-6-11/h2-3,10-11,18H,1,4-9H2. The van der Waals surface area contributed by atoms with Crippen molar-refractivity contribution in [3.8, 4) is 0 Å². The molecule has 1 heterocycles. The molecule has 2 rings (SSSR count). The number of ketones is 1. The van der Waals surface area contributed by atoms with Gasteiger partial charge in [-0.25, -0.2) is 0 Å². The normalized spacial score (nSPS) is 16.5. The zero-order valence-corrected chi connectivity index (χ0v) is 12.4. The Morgan fingerprint density at radius 1 is 1.26 bits per heavy atom. The lowest BCUT2D eigenvalue weighted by molar-refractivity contribution is -0.118. The summed E-state index contributed by atoms with van der Waals surface area (Å²) in [5, 5.41) is 4.53. The third-order valence-corrected chi connectivity index (χ3v) is 4.28. The van der Waals surface area contributed by atoms with E-state index >= 15 is 0 Å². The Morgan fingerprint density at radius 2 is 2.00 bits per heavy atom. The third-order valence-electron chi connectivity index (χ3n) is 3.69. The van der Waals surface area contributed by atoms with E-state index in [-0.39, 0.29) is 5.78 Å². The van der Waals surface area contributed by atoms with Crippen LogP contribution in [-0.2, 0) is 11.2 Å². The van der Waals surface area contributed by atoms with Crippen molar-refractivity contribution in [2.45, 2.75) is 32.1 Å². The van der Waals surface area contributed by atoms with Crippen LogP contribution in [0.4, 0.5) is 0 Å². The van der Waals surface area contributed by atoms with Crippen LogP contribution in [0.1, 0.15) is 31.2 Å². The van der Waals surface area contributed by atoms with Gasteiger partial charge in [0.25, 0.3) is 0 Å². The number of piperidine rings is 1. The monoisotopic (exact) mass is 299 g/mol. The Labute approximate surface area is 124 Å². The van der Waals surface area contributed by atoms with E-state index in [9.17, 15) is 4.79 Å². The summed E-state index contributed by atoms with van der Waals surface area (Å²) in [6, 6.07) is 5.31. The van der Waals surface area contributed by atoms with Crippen LogP contribution in [0, 0.1) is 5.92 Å². The van der Waals surface area contributed by atoms with Crippen LogP contribution in [-0.4, -0.2) is 18.9 Å². The van der Waals surface area contributed by atoms with Gasteiger partial charge in [-0.1, -0.05) is 29.3 Å². The van der Waals surface area contributed by atoms with E-state index in [1.807, 2.05) is 6.07 Å². The van der Waals surface area contributed by atoms with Crippen molar-refractivity contribution in [3.63, 3.8) is 0 Å². The highest BCUT2D eigenvalue weighted by Gasteiger charge is 2.15. The van der Waals surface area contributed by atoms with Crippen LogP contribution in [0.2, 0.25) is 10.0 Å². The second kappa shape index (κ2) is 7.28. The van der Waals surface area contributed by atoms with Crippen LogP contribution in [0.15, 0.2) is 18.2 Å². The van der Waals surface area contributed by atoms with Crippen LogP contribution < -0.4 is 5.32 Å². The van der Waals surface area contributed by atoms with Gasteiger partial charge in [-0.2, -0.15) is 0 Å². The molecular formula is C15H19Cl2NO. The summed E-state index contributed by atoms with van der Waals surface area (Å²) in [7, 11) is 0. The van der Waals surface area contributed by atoms with Crippen molar-refractivity contribution < 1.29 is 4.79 Å². The molecule has 104 valence electrons. The maximum atomic E-state index is 12.0. The highest BCUT2D eigenvalue weighted by Crippen LogP contribution is 2.23. The van der Waals surface area contributed by atoms with E-state index < -0.39 is 0 Å². The highest BCUT2D eigenvalue weighted by atomic mass is 35.5. The van der Waals surface area contributed by atoms with Gasteiger partial charge in [0, 0.05) is 22.9 Å². The molecule has 1 N–H and O–H groups in total. The Morgan fingerprint density at radius 3 is 2.68 bits per heavy atom. The molecule has 0 unspecified atom stereocenters. The van der Waals surface area contributed by atoms with Gasteiger partial charge in [0.2, 0.25) is 0 Å². The molecule has 0 aliphatic carbocycles. The maximum Gasteiger partial charge on any atom is 0.137 e. The molecule has 1 aliphatic heterocycles. The molecular weight excluding hydrogens is 281 g/mol. The van der Waals surface area contributed by atoms with Gasteiger partial charge < -0.3 is 5.32 Å². The maximum absolute atomic E-state index is 12.0. The van der Waals surface area contributed by atoms with E-state index in [0.717, 1.165) is 25.1 Å². The summed E-state index contributed by atoms with van der Waals surface area (Å²) in [4.78, 5) is 12.0. The molecule has 2 nitrogen and oxygen atoms in total. The average molecular weight is 300 g/mol. The average Bonchev–Trinajstić information content (AvgIpc) is 2.41. The number of hydrogen-bond donors (Lipinski definition) is 1. The second-order valence-corrected chi connectivity index (χ2v) is 6.03. The summed E-state index contributed by atoms with van der Waals surface area (Å²) >= 11 is 11.9. The van der Waals surface area contributed by atoms with Crippen LogP contribution in [0.25, 0.3) is 0 Å². The first-order valence-electron chi connectivity index (χ1n) is 6.81. The first kappa shape index (κ1) is 14.8. The molecule has 1 fully saturated rings. The predicted octanol–water partition coefficient (Wildman–Crippen LogP) is 3.88. The molecule has 0 saturated carbocycles. The fraction of sp³-hybridized carbons (Fsp3) is 0.533. The SMILES string of the molecule is O=C(CCC1CCNCC1)Cc1ccc(Cl)cc1Cl. The Hall–Kier alpha value is -0.570. The van der Waals surface area contributed by atoms with Gasteiger partial charge in [0.05, 0.1) is 0 Å². The summed E-state index contributed by atoms with van der Waals surface area (Å²) in [5.41, 5.74) is 0.876. The highest BCUT2D eigenvalue weighted by molar-refractivity contribution is 6.35. The molecule has 0 aromatic heterocycles. The largest absolute Gasteiger partial charge is 0.317 e. The number of carbonyl (C=O) groups is 1. The molecule has 19 heavy (non-hydrogen) atoms. The van der Waals surface area contributed by atoms with E-state index in [1.165, 1.54) is 12.8 Å². The fourth-order valence-electron chi connectivity index (χ4n) is 2.50. The lowest BCUT2D eigenvalue weighted by Crippen LogP contribution is -2.28. The van der Waals surface area contributed by atoms with Crippen LogP contribution in [0.5, 0.6) is 0 Å². The number of benzene rings is 1. The lowest BCUT2D eigenvalue weighted by atomic mass is 9.91. The van der Waals surface area contributed by atoms with Crippen molar-refractivity contribution in [1.29, 1.82) is 0 Å². The predicted molar refractivity (Wildman–Crippen MR) is 80.0 cm³/mol. The van der Waals surface area contributed by atoms with Gasteiger partial charge in [0.1, 0.15) is 5.78 Å². The molecule has 4 heteroatoms. The van der Waals surface area contributed by atoms with Crippen LogP contribution in [0.3, 0.4) is 0 Å². The molecule has 1 aliphatic rings. The summed E-state index contributed by atoms with van der Waals surface area (Å²) in [6.45, 7) is 2.17. The van der Waals surface area contributed by atoms with E-state index in [0.29, 0.717) is 28.8 Å². The Bertz CT molecular complexity index is 442. The van der Waals surface area contributed by atoms with E-state index in [1.54, 1.807) is 12.1 Å². The minimum atomic E-state index is 0.266. The summed E-state index contributed by atoms with van der Waals surface area (Å²) < 4.78 is 0. The van der Waals surface area contributed by atoms with Gasteiger partial charge >= 0.3 is 0 Å². The van der Waals surface area contributed by atoms with Crippen molar-refractivity contribution in [1.82, 2.24) is 5.32 Å². The third kappa shape index (κ3) is 4.79. The minimum Gasteiger partial charge on any atom is -0.317 e. The Balaban J connectivity index is 1.80. The van der Waals surface area contributed by atoms with Crippen LogP contribution >= 0.6 is 23.2 Å².